The number of para-hydroxylation sites is 1. The monoisotopic (exact) mass is 441 g/mol. The third-order valence-corrected chi connectivity index (χ3v) is 6.25. The number of hydrogen-bond donors (Lipinski definition) is 0. The molecule has 2 amide bonds. The van der Waals surface area contributed by atoms with E-state index >= 15 is 0 Å². The van der Waals surface area contributed by atoms with Crippen molar-refractivity contribution in [1.29, 1.82) is 0 Å². The van der Waals surface area contributed by atoms with Crippen molar-refractivity contribution in [2.75, 3.05) is 34.8 Å². The van der Waals surface area contributed by atoms with Gasteiger partial charge in [0.2, 0.25) is 0 Å². The third-order valence-electron chi connectivity index (χ3n) is 6.25. The van der Waals surface area contributed by atoms with Crippen LogP contribution in [0.1, 0.15) is 18.4 Å². The van der Waals surface area contributed by atoms with E-state index in [9.17, 15) is 14.0 Å². The molecule has 0 unspecified atom stereocenters. The van der Waals surface area contributed by atoms with Crippen molar-refractivity contribution < 1.29 is 14.0 Å². The zero-order valence-electron chi connectivity index (χ0n) is 18.4. The van der Waals surface area contributed by atoms with Crippen molar-refractivity contribution in [1.82, 2.24) is 0 Å². The summed E-state index contributed by atoms with van der Waals surface area (Å²) < 4.78 is 13.6. The number of nitrogens with zero attached hydrogens (tertiary/aromatic N) is 3. The minimum Gasteiger partial charge on any atom is -0.372 e. The van der Waals surface area contributed by atoms with Crippen molar-refractivity contribution in [2.45, 2.75) is 12.8 Å². The molecule has 0 saturated carbocycles. The number of rotatable bonds is 5. The van der Waals surface area contributed by atoms with Crippen LogP contribution in [0, 0.1) is 5.82 Å². The van der Waals surface area contributed by atoms with Gasteiger partial charge in [-0.25, -0.2) is 9.29 Å². The van der Waals surface area contributed by atoms with Crippen LogP contribution in [-0.2, 0) is 9.59 Å². The first-order valence-corrected chi connectivity index (χ1v) is 11.1. The Balaban J connectivity index is 1.56. The van der Waals surface area contributed by atoms with E-state index in [1.54, 1.807) is 11.9 Å². The smallest absolute Gasteiger partial charge is 0.282 e. The van der Waals surface area contributed by atoms with Crippen molar-refractivity contribution in [3.63, 3.8) is 0 Å². The number of benzene rings is 3. The Morgan fingerprint density at radius 1 is 0.758 bits per heavy atom. The number of amides is 2. The lowest BCUT2D eigenvalue weighted by molar-refractivity contribution is -0.120. The molecule has 0 spiro atoms. The highest BCUT2D eigenvalue weighted by Crippen LogP contribution is 2.36. The minimum atomic E-state index is -0.418. The van der Waals surface area contributed by atoms with Crippen LogP contribution in [-0.4, -0.2) is 32.0 Å². The molecule has 0 bridgehead atoms. The molecule has 2 aliphatic heterocycles. The van der Waals surface area contributed by atoms with Gasteiger partial charge in [0.1, 0.15) is 11.5 Å². The molecule has 3 aromatic carbocycles. The topological polar surface area (TPSA) is 43.9 Å². The molecule has 3 aromatic rings. The highest BCUT2D eigenvalue weighted by molar-refractivity contribution is 6.46. The summed E-state index contributed by atoms with van der Waals surface area (Å²) >= 11 is 0. The Morgan fingerprint density at radius 3 is 2.00 bits per heavy atom. The summed E-state index contributed by atoms with van der Waals surface area (Å²) in [7, 11) is 1.76. The molecular weight excluding hydrogens is 417 g/mol. The minimum absolute atomic E-state index is 0.259. The molecule has 0 N–H and O–H groups in total. The Kier molecular flexibility index (Phi) is 5.42. The average molecular weight is 442 g/mol. The number of carbonyl (C=O) groups excluding carboxylic acids is 2. The molecular formula is C27H24FN3O2. The van der Waals surface area contributed by atoms with Crippen LogP contribution in [0.5, 0.6) is 0 Å². The summed E-state index contributed by atoms with van der Waals surface area (Å²) in [6, 6.07) is 22.6. The van der Waals surface area contributed by atoms with E-state index in [1.807, 2.05) is 54.6 Å². The number of halogens is 1. The first kappa shape index (κ1) is 20.9. The molecule has 0 radical (unpaired) electrons. The second kappa shape index (κ2) is 8.54. The lowest BCUT2D eigenvalue weighted by Crippen LogP contribution is -2.34. The van der Waals surface area contributed by atoms with Gasteiger partial charge in [0, 0.05) is 31.5 Å². The van der Waals surface area contributed by atoms with Gasteiger partial charge in [-0.2, -0.15) is 0 Å². The standard InChI is InChI=1S/C27H24FN3O2/c1-29(21-7-3-2-4-8-21)25-24(19-9-11-20(28)12-10-19)26(32)31(27(25)33)23-15-13-22(14-16-23)30-17-5-6-18-30/h2-4,7-16H,5-6,17-18H2,1H3. The molecule has 0 aromatic heterocycles. The van der Waals surface area contributed by atoms with Gasteiger partial charge in [-0.3, -0.25) is 9.59 Å². The third kappa shape index (κ3) is 3.78. The molecule has 33 heavy (non-hydrogen) atoms. The van der Waals surface area contributed by atoms with Gasteiger partial charge in [-0.1, -0.05) is 30.3 Å². The normalized spacial score (nSPS) is 16.2. The van der Waals surface area contributed by atoms with Gasteiger partial charge >= 0.3 is 0 Å². The molecule has 2 heterocycles. The Labute approximate surface area is 192 Å². The fourth-order valence-electron chi connectivity index (χ4n) is 4.51. The van der Waals surface area contributed by atoms with Gasteiger partial charge < -0.3 is 9.80 Å². The number of anilines is 3. The highest BCUT2D eigenvalue weighted by atomic mass is 19.1. The van der Waals surface area contributed by atoms with E-state index in [0.717, 1.165) is 24.5 Å². The van der Waals surface area contributed by atoms with Crippen molar-refractivity contribution in [3.8, 4) is 0 Å². The maximum absolute atomic E-state index is 13.6. The van der Waals surface area contributed by atoms with E-state index in [-0.39, 0.29) is 11.3 Å². The van der Waals surface area contributed by atoms with Crippen LogP contribution in [0.4, 0.5) is 21.5 Å². The highest BCUT2D eigenvalue weighted by Gasteiger charge is 2.42. The maximum Gasteiger partial charge on any atom is 0.282 e. The second-order valence-corrected chi connectivity index (χ2v) is 8.28. The molecule has 6 heteroatoms. The van der Waals surface area contributed by atoms with Crippen LogP contribution < -0.4 is 14.7 Å². The van der Waals surface area contributed by atoms with Crippen LogP contribution in [0.25, 0.3) is 5.57 Å². The zero-order valence-corrected chi connectivity index (χ0v) is 18.4. The fourth-order valence-corrected chi connectivity index (χ4v) is 4.51. The van der Waals surface area contributed by atoms with E-state index < -0.39 is 17.6 Å². The van der Waals surface area contributed by atoms with Gasteiger partial charge in [0.05, 0.1) is 11.3 Å². The SMILES string of the molecule is CN(C1=C(c2ccc(F)cc2)C(=O)N(c2ccc(N3CCCC3)cc2)C1=O)c1ccccc1. The van der Waals surface area contributed by atoms with Crippen LogP contribution >= 0.6 is 0 Å². The summed E-state index contributed by atoms with van der Waals surface area (Å²) in [5.74, 6) is -1.22. The van der Waals surface area contributed by atoms with Gasteiger partial charge in [0.15, 0.2) is 0 Å². The van der Waals surface area contributed by atoms with Crippen LogP contribution in [0.2, 0.25) is 0 Å². The summed E-state index contributed by atoms with van der Waals surface area (Å²) in [4.78, 5) is 32.5. The summed E-state index contributed by atoms with van der Waals surface area (Å²) in [6.07, 6.45) is 2.34. The summed E-state index contributed by atoms with van der Waals surface area (Å²) in [5.41, 5.74) is 3.41. The predicted octanol–water partition coefficient (Wildman–Crippen LogP) is 4.85. The number of likely N-dealkylation sites (N-methyl/N-ethyl adjacent to an activating group) is 1. The molecule has 1 fully saturated rings. The van der Waals surface area contributed by atoms with Crippen molar-refractivity contribution >= 4 is 34.4 Å². The number of imide groups is 1. The van der Waals surface area contributed by atoms with E-state index in [2.05, 4.69) is 4.90 Å². The van der Waals surface area contributed by atoms with E-state index in [4.69, 9.17) is 0 Å². The Hall–Kier alpha value is -3.93. The van der Waals surface area contributed by atoms with E-state index in [0.29, 0.717) is 11.3 Å². The predicted molar refractivity (Wildman–Crippen MR) is 129 cm³/mol. The zero-order chi connectivity index (χ0) is 22.9. The molecule has 0 atom stereocenters. The van der Waals surface area contributed by atoms with Crippen LogP contribution in [0.15, 0.2) is 84.6 Å². The lowest BCUT2D eigenvalue weighted by Gasteiger charge is -2.22. The molecule has 0 aliphatic carbocycles. The number of hydrogen-bond acceptors (Lipinski definition) is 4. The first-order chi connectivity index (χ1) is 16.0. The fraction of sp³-hybridized carbons (Fsp3) is 0.185. The van der Waals surface area contributed by atoms with E-state index in [1.165, 1.54) is 42.0 Å². The number of carbonyl (C=O) groups is 2. The molecule has 5 rings (SSSR count). The Bertz CT molecular complexity index is 1210. The molecule has 2 aliphatic rings. The molecule has 1 saturated heterocycles. The molecule has 166 valence electrons. The quantitative estimate of drug-likeness (QED) is 0.531. The first-order valence-electron chi connectivity index (χ1n) is 11.1. The largest absolute Gasteiger partial charge is 0.372 e. The van der Waals surface area contributed by atoms with Gasteiger partial charge in [0.25, 0.3) is 11.8 Å². The van der Waals surface area contributed by atoms with Crippen LogP contribution in [0.3, 0.4) is 0 Å². The van der Waals surface area contributed by atoms with Crippen molar-refractivity contribution in [2.24, 2.45) is 0 Å². The molecule has 5 nitrogen and oxygen atoms in total. The van der Waals surface area contributed by atoms with Gasteiger partial charge in [-0.05, 0) is 66.9 Å². The summed E-state index contributed by atoms with van der Waals surface area (Å²) in [5, 5.41) is 0. The lowest BCUT2D eigenvalue weighted by atomic mass is 10.0. The summed E-state index contributed by atoms with van der Waals surface area (Å²) in [6.45, 7) is 2.03. The Morgan fingerprint density at radius 2 is 1.36 bits per heavy atom. The van der Waals surface area contributed by atoms with Crippen molar-refractivity contribution in [3.05, 3.63) is 95.9 Å². The average Bonchev–Trinajstić information content (AvgIpc) is 3.47. The maximum atomic E-state index is 13.6. The second-order valence-electron chi connectivity index (χ2n) is 8.28. The van der Waals surface area contributed by atoms with Gasteiger partial charge in [-0.15, -0.1) is 0 Å².